The molecule has 1 aliphatic rings. The highest BCUT2D eigenvalue weighted by atomic mass is 127. The Hall–Kier alpha value is -1.70. The average Bonchev–Trinajstić information content (AvgIpc) is 3.12. The second kappa shape index (κ2) is 9.85. The van der Waals surface area contributed by atoms with Crippen molar-refractivity contribution >= 4 is 29.9 Å². The number of hydrogen-bond acceptors (Lipinski definition) is 2. The third-order valence-corrected chi connectivity index (χ3v) is 4.98. The summed E-state index contributed by atoms with van der Waals surface area (Å²) in [4.78, 5) is 8.87. The van der Waals surface area contributed by atoms with Crippen LogP contribution in [0.2, 0.25) is 0 Å². The Kier molecular flexibility index (Phi) is 7.81. The molecule has 2 aromatic rings. The predicted octanol–water partition coefficient (Wildman–Crippen LogP) is 3.80. The zero-order valence-corrected chi connectivity index (χ0v) is 17.2. The molecule has 1 fully saturated rings. The van der Waals surface area contributed by atoms with E-state index in [0.717, 1.165) is 30.5 Å². The van der Waals surface area contributed by atoms with Crippen molar-refractivity contribution in [1.82, 2.24) is 10.3 Å². The van der Waals surface area contributed by atoms with Gasteiger partial charge in [0.1, 0.15) is 5.82 Å². The normalized spacial score (nSPS) is 16.1. The van der Waals surface area contributed by atoms with Crippen LogP contribution in [0.4, 0.5) is 4.39 Å². The van der Waals surface area contributed by atoms with Gasteiger partial charge >= 0.3 is 0 Å². The van der Waals surface area contributed by atoms with E-state index in [-0.39, 0.29) is 35.2 Å². The van der Waals surface area contributed by atoms with Crippen LogP contribution in [0, 0.1) is 5.82 Å². The second-order valence-electron chi connectivity index (χ2n) is 6.69. The number of nitrogens with one attached hydrogen (secondary N) is 1. The Bertz CT molecular complexity index is 698. The van der Waals surface area contributed by atoms with Gasteiger partial charge in [-0.1, -0.05) is 31.0 Å². The fourth-order valence-corrected chi connectivity index (χ4v) is 3.55. The van der Waals surface area contributed by atoms with Gasteiger partial charge in [-0.25, -0.2) is 4.39 Å². The molecule has 0 saturated heterocycles. The van der Waals surface area contributed by atoms with Crippen LogP contribution >= 0.6 is 24.0 Å². The number of nitrogens with zero attached hydrogens (tertiary/aromatic N) is 2. The van der Waals surface area contributed by atoms with E-state index in [4.69, 9.17) is 5.73 Å². The highest BCUT2D eigenvalue weighted by Crippen LogP contribution is 2.41. The van der Waals surface area contributed by atoms with E-state index in [2.05, 4.69) is 15.3 Å². The summed E-state index contributed by atoms with van der Waals surface area (Å²) in [5, 5.41) is 3.16. The number of aliphatic imine (C=N–C) groups is 1. The molecule has 3 N–H and O–H groups in total. The number of aromatic nitrogens is 1. The van der Waals surface area contributed by atoms with E-state index in [1.165, 1.54) is 25.0 Å². The number of nitrogens with two attached hydrogens (primary N) is 1. The lowest BCUT2D eigenvalue weighted by molar-refractivity contribution is 0.452. The second-order valence-corrected chi connectivity index (χ2v) is 6.69. The van der Waals surface area contributed by atoms with E-state index >= 15 is 0 Å². The molecule has 6 heteroatoms. The molecule has 0 amide bonds. The molecule has 0 bridgehead atoms. The first-order valence-electron chi connectivity index (χ1n) is 8.88. The standard InChI is InChI=1S/C20H25FN4.HI/c21-17-8-6-16(7-9-17)20(11-2-3-12-20)15-25-19(22)24-14-10-18-5-1-4-13-23-18;/h1,4-9,13H,2-3,10-12,14-15H2,(H3,22,24,25);1H. The van der Waals surface area contributed by atoms with E-state index in [9.17, 15) is 4.39 Å². The summed E-state index contributed by atoms with van der Waals surface area (Å²) in [6.45, 7) is 1.34. The lowest BCUT2D eigenvalue weighted by Crippen LogP contribution is -2.35. The fourth-order valence-electron chi connectivity index (χ4n) is 3.55. The summed E-state index contributed by atoms with van der Waals surface area (Å²) in [6, 6.07) is 12.7. The summed E-state index contributed by atoms with van der Waals surface area (Å²) >= 11 is 0. The highest BCUT2D eigenvalue weighted by Gasteiger charge is 2.35. The maximum absolute atomic E-state index is 13.2. The SMILES string of the molecule is I.NC(=NCC1(c2ccc(F)cc2)CCCC1)NCCc1ccccn1. The number of halogens is 2. The van der Waals surface area contributed by atoms with Gasteiger partial charge in [0.05, 0.1) is 6.54 Å². The average molecular weight is 468 g/mol. The molecule has 0 atom stereocenters. The molecular formula is C20H26FIN4. The number of guanidine groups is 1. The number of rotatable bonds is 6. The molecule has 4 nitrogen and oxygen atoms in total. The quantitative estimate of drug-likeness (QED) is 0.385. The Labute approximate surface area is 171 Å². The molecule has 26 heavy (non-hydrogen) atoms. The minimum atomic E-state index is -0.198. The van der Waals surface area contributed by atoms with Crippen molar-refractivity contribution in [3.05, 3.63) is 65.7 Å². The molecule has 3 rings (SSSR count). The monoisotopic (exact) mass is 468 g/mol. The summed E-state index contributed by atoms with van der Waals surface area (Å²) in [5.74, 6) is 0.264. The Balaban J connectivity index is 0.00000243. The zero-order valence-electron chi connectivity index (χ0n) is 14.8. The van der Waals surface area contributed by atoms with Crippen molar-refractivity contribution < 1.29 is 4.39 Å². The van der Waals surface area contributed by atoms with Gasteiger partial charge in [-0.05, 0) is 42.7 Å². The molecule has 1 aromatic carbocycles. The largest absolute Gasteiger partial charge is 0.370 e. The molecular weight excluding hydrogens is 442 g/mol. The van der Waals surface area contributed by atoms with E-state index in [1.54, 1.807) is 6.20 Å². The highest BCUT2D eigenvalue weighted by molar-refractivity contribution is 14.0. The summed E-state index contributed by atoms with van der Waals surface area (Å²) in [6.07, 6.45) is 7.10. The first-order chi connectivity index (χ1) is 12.2. The van der Waals surface area contributed by atoms with Gasteiger partial charge < -0.3 is 11.1 Å². The molecule has 1 saturated carbocycles. The Morgan fingerprint density at radius 3 is 2.54 bits per heavy atom. The lowest BCUT2D eigenvalue weighted by Gasteiger charge is -2.28. The maximum Gasteiger partial charge on any atom is 0.188 e. The van der Waals surface area contributed by atoms with Crippen LogP contribution in [0.1, 0.15) is 36.9 Å². The fraction of sp³-hybridized carbons (Fsp3) is 0.400. The van der Waals surface area contributed by atoms with Crippen molar-refractivity contribution in [2.75, 3.05) is 13.1 Å². The molecule has 0 aliphatic heterocycles. The van der Waals surface area contributed by atoms with E-state index < -0.39 is 0 Å². The number of benzene rings is 1. The van der Waals surface area contributed by atoms with Crippen molar-refractivity contribution in [2.24, 2.45) is 10.7 Å². The van der Waals surface area contributed by atoms with Crippen molar-refractivity contribution in [2.45, 2.75) is 37.5 Å². The molecule has 1 aliphatic carbocycles. The van der Waals surface area contributed by atoms with Crippen LogP contribution in [-0.2, 0) is 11.8 Å². The van der Waals surface area contributed by atoms with Crippen LogP contribution in [-0.4, -0.2) is 24.0 Å². The molecule has 0 radical (unpaired) electrons. The summed E-state index contributed by atoms with van der Waals surface area (Å²) < 4.78 is 13.2. The molecule has 140 valence electrons. The van der Waals surface area contributed by atoms with Crippen LogP contribution in [0.5, 0.6) is 0 Å². The van der Waals surface area contributed by atoms with Crippen molar-refractivity contribution in [3.63, 3.8) is 0 Å². The van der Waals surface area contributed by atoms with Crippen LogP contribution < -0.4 is 11.1 Å². The van der Waals surface area contributed by atoms with E-state index in [0.29, 0.717) is 19.0 Å². The van der Waals surface area contributed by atoms with Crippen LogP contribution in [0.15, 0.2) is 53.7 Å². The van der Waals surface area contributed by atoms with Gasteiger partial charge in [-0.3, -0.25) is 9.98 Å². The maximum atomic E-state index is 13.2. The minimum Gasteiger partial charge on any atom is -0.370 e. The first kappa shape index (κ1) is 20.6. The summed E-state index contributed by atoms with van der Waals surface area (Å²) in [5.41, 5.74) is 8.22. The van der Waals surface area contributed by atoms with Crippen molar-refractivity contribution in [1.29, 1.82) is 0 Å². The van der Waals surface area contributed by atoms with Gasteiger partial charge in [-0.15, -0.1) is 24.0 Å². The predicted molar refractivity (Wildman–Crippen MR) is 114 cm³/mol. The topological polar surface area (TPSA) is 63.3 Å². The van der Waals surface area contributed by atoms with Crippen LogP contribution in [0.25, 0.3) is 0 Å². The van der Waals surface area contributed by atoms with Gasteiger partial charge in [0.2, 0.25) is 0 Å². The zero-order chi connectivity index (χ0) is 17.5. The smallest absolute Gasteiger partial charge is 0.188 e. The van der Waals surface area contributed by atoms with Gasteiger partial charge in [0.25, 0.3) is 0 Å². The first-order valence-corrected chi connectivity index (χ1v) is 8.88. The molecule has 0 spiro atoms. The number of hydrogen-bond donors (Lipinski definition) is 2. The lowest BCUT2D eigenvalue weighted by atomic mass is 9.79. The third-order valence-electron chi connectivity index (χ3n) is 4.98. The third kappa shape index (κ3) is 5.40. The van der Waals surface area contributed by atoms with Crippen LogP contribution in [0.3, 0.4) is 0 Å². The van der Waals surface area contributed by atoms with E-state index in [1.807, 2.05) is 30.3 Å². The minimum absolute atomic E-state index is 0. The summed E-state index contributed by atoms with van der Waals surface area (Å²) in [7, 11) is 0. The Morgan fingerprint density at radius 1 is 1.15 bits per heavy atom. The van der Waals surface area contributed by atoms with Crippen molar-refractivity contribution in [3.8, 4) is 0 Å². The molecule has 1 heterocycles. The Morgan fingerprint density at radius 2 is 1.88 bits per heavy atom. The van der Waals surface area contributed by atoms with Gasteiger partial charge in [-0.2, -0.15) is 0 Å². The number of pyridine rings is 1. The molecule has 0 unspecified atom stereocenters. The van der Waals surface area contributed by atoms with Gasteiger partial charge in [0, 0.05) is 30.3 Å². The van der Waals surface area contributed by atoms with Gasteiger partial charge in [0.15, 0.2) is 5.96 Å². The molecule has 1 aromatic heterocycles.